The van der Waals surface area contributed by atoms with Gasteiger partial charge in [-0.1, -0.05) is 11.6 Å². The first-order valence-corrected chi connectivity index (χ1v) is 11.7. The van der Waals surface area contributed by atoms with Crippen LogP contribution < -0.4 is 10.0 Å². The van der Waals surface area contributed by atoms with Gasteiger partial charge in [-0.2, -0.15) is 22.5 Å². The molecule has 1 aliphatic heterocycles. The summed E-state index contributed by atoms with van der Waals surface area (Å²) < 4.78 is 43.9. The van der Waals surface area contributed by atoms with Crippen molar-refractivity contribution in [1.29, 1.82) is 0 Å². The van der Waals surface area contributed by atoms with Crippen molar-refractivity contribution in [2.75, 3.05) is 12.4 Å². The highest BCUT2D eigenvalue weighted by molar-refractivity contribution is 7.87. The van der Waals surface area contributed by atoms with Crippen molar-refractivity contribution >= 4 is 44.7 Å². The number of halogens is 2. The van der Waals surface area contributed by atoms with Crippen LogP contribution in [-0.2, 0) is 22.1 Å². The highest BCUT2D eigenvalue weighted by Crippen LogP contribution is 2.35. The van der Waals surface area contributed by atoms with Crippen molar-refractivity contribution < 1.29 is 17.6 Å². The molecule has 0 spiro atoms. The summed E-state index contributed by atoms with van der Waals surface area (Å²) in [7, 11) is -0.804. The lowest BCUT2D eigenvalue weighted by atomic mass is 10.1. The fourth-order valence-corrected chi connectivity index (χ4v) is 5.90. The van der Waals surface area contributed by atoms with Crippen LogP contribution in [0.25, 0.3) is 10.7 Å². The number of nitrogens with zero attached hydrogens (tertiary/aromatic N) is 4. The van der Waals surface area contributed by atoms with E-state index in [0.29, 0.717) is 5.82 Å². The number of nitrogens with one attached hydrogen (secondary N) is 2. The second-order valence-corrected chi connectivity index (χ2v) is 10.3. The van der Waals surface area contributed by atoms with E-state index in [1.165, 1.54) is 36.8 Å². The molecule has 13 heteroatoms. The van der Waals surface area contributed by atoms with Gasteiger partial charge in [-0.3, -0.25) is 4.79 Å². The fraction of sp³-hybridized carbons (Fsp3) is 0.278. The zero-order valence-corrected chi connectivity index (χ0v) is 18.8. The third-order valence-electron chi connectivity index (χ3n) is 4.96. The molecule has 2 aromatic heterocycles. The van der Waals surface area contributed by atoms with E-state index in [2.05, 4.69) is 20.1 Å². The maximum Gasteiger partial charge on any atom is 0.280 e. The molecule has 1 amide bonds. The molecule has 0 saturated carbocycles. The predicted octanol–water partition coefficient (Wildman–Crippen LogP) is 2.55. The number of rotatable bonds is 4. The normalized spacial score (nSPS) is 21.2. The molecule has 31 heavy (non-hydrogen) atoms. The third kappa shape index (κ3) is 4.34. The van der Waals surface area contributed by atoms with Crippen LogP contribution in [0.4, 0.5) is 10.1 Å². The Bertz CT molecular complexity index is 1240. The average Bonchev–Trinajstić information content (AvgIpc) is 3.35. The first kappa shape index (κ1) is 21.8. The summed E-state index contributed by atoms with van der Waals surface area (Å²) >= 11 is 7.14. The number of aromatic nitrogens is 3. The van der Waals surface area contributed by atoms with Crippen molar-refractivity contribution in [1.82, 2.24) is 23.8 Å². The van der Waals surface area contributed by atoms with E-state index >= 15 is 0 Å². The Morgan fingerprint density at radius 1 is 1.32 bits per heavy atom. The zero-order chi connectivity index (χ0) is 22.3. The average molecular weight is 485 g/mol. The van der Waals surface area contributed by atoms with Gasteiger partial charge in [0.25, 0.3) is 10.2 Å². The Kier molecular flexibility index (Phi) is 5.83. The second-order valence-electron chi connectivity index (χ2n) is 6.97. The van der Waals surface area contributed by atoms with Gasteiger partial charge in [-0.05, 0) is 36.8 Å². The van der Waals surface area contributed by atoms with E-state index in [9.17, 15) is 17.6 Å². The minimum atomic E-state index is -3.90. The van der Waals surface area contributed by atoms with Gasteiger partial charge in [0.1, 0.15) is 18.2 Å². The Hall–Kier alpha value is -2.38. The highest BCUT2D eigenvalue weighted by Gasteiger charge is 2.41. The predicted molar refractivity (Wildman–Crippen MR) is 115 cm³/mol. The number of aryl methyl sites for hydroxylation is 1. The number of hydrogen-bond donors (Lipinski definition) is 2. The van der Waals surface area contributed by atoms with Gasteiger partial charge in [0, 0.05) is 24.7 Å². The maximum absolute atomic E-state index is 13.4. The molecule has 9 nitrogen and oxygen atoms in total. The SMILES string of the molecule is CN1[C@@H](C(=O)Nc2ccc(F)c(Cl)c2)C[C@@H](c2ccc(-c3ncnn3C)s2)NS1(=O)=O. The van der Waals surface area contributed by atoms with Crippen molar-refractivity contribution in [2.24, 2.45) is 7.05 Å². The van der Waals surface area contributed by atoms with Crippen LogP contribution in [0.15, 0.2) is 36.7 Å². The number of amides is 1. The first-order chi connectivity index (χ1) is 14.7. The number of benzene rings is 1. The Labute approximate surface area is 187 Å². The summed E-state index contributed by atoms with van der Waals surface area (Å²) in [6.45, 7) is 0. The van der Waals surface area contributed by atoms with Crippen LogP contribution in [0.5, 0.6) is 0 Å². The van der Waals surface area contributed by atoms with Gasteiger partial charge in [0.05, 0.1) is 15.9 Å². The number of anilines is 1. The standard InChI is InChI=1S/C18H18ClFN6O3S2/c1-25-17(21-9-22-25)16-6-5-15(30-16)13-8-14(26(2)31(28,29)24-13)18(27)23-10-3-4-12(20)11(19)7-10/h3-7,9,13-14,24H,8H2,1-2H3,(H,23,27)/t13-,14+/m0/s1. The van der Waals surface area contributed by atoms with E-state index < -0.39 is 34.0 Å². The molecule has 2 atom stereocenters. The molecule has 1 fully saturated rings. The molecule has 3 aromatic rings. The second kappa shape index (κ2) is 8.28. The molecule has 1 aliphatic rings. The number of carbonyl (C=O) groups is 1. The van der Waals surface area contributed by atoms with E-state index in [0.717, 1.165) is 20.1 Å². The molecule has 0 bridgehead atoms. The van der Waals surface area contributed by atoms with Crippen LogP contribution in [0.1, 0.15) is 17.3 Å². The molecule has 0 unspecified atom stereocenters. The van der Waals surface area contributed by atoms with Gasteiger partial charge in [0.2, 0.25) is 5.91 Å². The zero-order valence-electron chi connectivity index (χ0n) is 16.4. The summed E-state index contributed by atoms with van der Waals surface area (Å²) in [6.07, 6.45) is 1.64. The summed E-state index contributed by atoms with van der Waals surface area (Å²) in [6, 6.07) is 5.84. The lowest BCUT2D eigenvalue weighted by Gasteiger charge is -2.35. The molecule has 164 valence electrons. The monoisotopic (exact) mass is 484 g/mol. The van der Waals surface area contributed by atoms with Gasteiger partial charge < -0.3 is 5.32 Å². The lowest BCUT2D eigenvalue weighted by Crippen LogP contribution is -2.55. The lowest BCUT2D eigenvalue weighted by molar-refractivity contribution is -0.120. The van der Waals surface area contributed by atoms with E-state index in [-0.39, 0.29) is 17.1 Å². The quantitative estimate of drug-likeness (QED) is 0.591. The maximum atomic E-state index is 13.4. The Balaban J connectivity index is 1.58. The highest BCUT2D eigenvalue weighted by atomic mass is 35.5. The topological polar surface area (TPSA) is 109 Å². The summed E-state index contributed by atoms with van der Waals surface area (Å²) in [4.78, 5) is 18.7. The number of thiophene rings is 1. The minimum absolute atomic E-state index is 0.142. The molecule has 1 aromatic carbocycles. The van der Waals surface area contributed by atoms with Crippen molar-refractivity contribution in [3.63, 3.8) is 0 Å². The van der Waals surface area contributed by atoms with Crippen LogP contribution in [0, 0.1) is 5.82 Å². The summed E-state index contributed by atoms with van der Waals surface area (Å²) in [5.41, 5.74) is 0.276. The van der Waals surface area contributed by atoms with Crippen LogP contribution in [0.3, 0.4) is 0 Å². The third-order valence-corrected chi connectivity index (χ3v) is 8.04. The van der Waals surface area contributed by atoms with Gasteiger partial charge in [0.15, 0.2) is 5.82 Å². The van der Waals surface area contributed by atoms with E-state index in [4.69, 9.17) is 11.6 Å². The molecule has 2 N–H and O–H groups in total. The van der Waals surface area contributed by atoms with Gasteiger partial charge in [-0.15, -0.1) is 11.3 Å². The number of carbonyl (C=O) groups excluding carboxylic acids is 1. The fourth-order valence-electron chi connectivity index (χ4n) is 3.28. The number of likely N-dealkylation sites (N-methyl/N-ethyl adjacent to an activating group) is 1. The van der Waals surface area contributed by atoms with E-state index in [1.54, 1.807) is 11.7 Å². The molecule has 0 aliphatic carbocycles. The first-order valence-electron chi connectivity index (χ1n) is 9.11. The van der Waals surface area contributed by atoms with Gasteiger partial charge in [-0.25, -0.2) is 14.1 Å². The molecule has 3 heterocycles. The van der Waals surface area contributed by atoms with E-state index in [1.807, 2.05) is 12.1 Å². The Morgan fingerprint density at radius 3 is 2.77 bits per heavy atom. The van der Waals surface area contributed by atoms with Crippen molar-refractivity contribution in [2.45, 2.75) is 18.5 Å². The molecule has 1 saturated heterocycles. The Morgan fingerprint density at radius 2 is 2.10 bits per heavy atom. The molecule has 4 rings (SSSR count). The number of hydrogen-bond acceptors (Lipinski definition) is 6. The summed E-state index contributed by atoms with van der Waals surface area (Å²) in [5.74, 6) is -0.488. The van der Waals surface area contributed by atoms with Crippen LogP contribution >= 0.6 is 22.9 Å². The van der Waals surface area contributed by atoms with Crippen molar-refractivity contribution in [3.8, 4) is 10.7 Å². The molecular formula is C18H18ClFN6O3S2. The van der Waals surface area contributed by atoms with Crippen LogP contribution in [0.2, 0.25) is 5.02 Å². The largest absolute Gasteiger partial charge is 0.325 e. The molecular weight excluding hydrogens is 467 g/mol. The van der Waals surface area contributed by atoms with Crippen molar-refractivity contribution in [3.05, 3.63) is 52.4 Å². The smallest absolute Gasteiger partial charge is 0.280 e. The minimum Gasteiger partial charge on any atom is -0.325 e. The molecule has 0 radical (unpaired) electrons. The summed E-state index contributed by atoms with van der Waals surface area (Å²) in [5, 5.41) is 6.51. The van der Waals surface area contributed by atoms with Crippen LogP contribution in [-0.4, -0.2) is 46.5 Å². The van der Waals surface area contributed by atoms with Gasteiger partial charge >= 0.3 is 0 Å².